The first kappa shape index (κ1) is 30.8. The number of hydrogen-bond donors (Lipinski definition) is 2. The summed E-state index contributed by atoms with van der Waals surface area (Å²) >= 11 is 15.4. The molecule has 0 aliphatic carbocycles. The molecule has 2 heterocycles. The van der Waals surface area contributed by atoms with Crippen molar-refractivity contribution in [2.24, 2.45) is 0 Å². The Morgan fingerprint density at radius 2 is 1.94 bits per heavy atom. The molecule has 0 amide bonds. The molecule has 0 spiro atoms. The Labute approximate surface area is 227 Å². The Morgan fingerprint density at radius 1 is 1.20 bits per heavy atom. The minimum Gasteiger partial charge on any atom is -0.369 e. The zero-order valence-electron chi connectivity index (χ0n) is 20.7. The molecule has 0 aliphatic heterocycles. The quantitative estimate of drug-likeness (QED) is 0.156. The molecule has 0 bridgehead atoms. The predicted molar refractivity (Wildman–Crippen MR) is 154 cm³/mol. The van der Waals surface area contributed by atoms with Crippen LogP contribution in [0.2, 0.25) is 0 Å². The molecule has 9 heteroatoms. The van der Waals surface area contributed by atoms with E-state index in [0.29, 0.717) is 16.5 Å². The molecule has 35 heavy (non-hydrogen) atoms. The lowest BCUT2D eigenvalue weighted by atomic mass is 10.2. The normalized spacial score (nSPS) is 12.6. The first-order valence-corrected chi connectivity index (χ1v) is 12.9. The van der Waals surface area contributed by atoms with Gasteiger partial charge in [0.2, 0.25) is 0 Å². The van der Waals surface area contributed by atoms with Gasteiger partial charge in [0.05, 0.1) is 16.4 Å². The number of anilines is 1. The van der Waals surface area contributed by atoms with E-state index in [9.17, 15) is 4.79 Å². The van der Waals surface area contributed by atoms with Gasteiger partial charge in [-0.1, -0.05) is 54.9 Å². The minimum atomic E-state index is 0.521. The highest BCUT2D eigenvalue weighted by Crippen LogP contribution is 2.26. The van der Waals surface area contributed by atoms with E-state index in [2.05, 4.69) is 50.1 Å². The molecule has 0 fully saturated rings. The number of nitrogens with one attached hydrogen (secondary N) is 2. The van der Waals surface area contributed by atoms with Crippen LogP contribution in [0.1, 0.15) is 45.7 Å². The summed E-state index contributed by atoms with van der Waals surface area (Å²) in [6.07, 6.45) is 14.6. The minimum absolute atomic E-state index is 0.521. The Balaban J connectivity index is 0.000000434. The molecule has 0 atom stereocenters. The Kier molecular flexibility index (Phi) is 15.2. The van der Waals surface area contributed by atoms with Crippen molar-refractivity contribution >= 4 is 62.5 Å². The molecular formula is C26H34BrCl2N5O. The molecule has 0 aliphatic rings. The highest BCUT2D eigenvalue weighted by Gasteiger charge is 2.12. The number of halogens is 3. The third-order valence-corrected chi connectivity index (χ3v) is 5.65. The maximum atomic E-state index is 9.94. The van der Waals surface area contributed by atoms with Gasteiger partial charge >= 0.3 is 0 Å². The molecule has 2 aromatic heterocycles. The van der Waals surface area contributed by atoms with E-state index in [1.165, 1.54) is 0 Å². The van der Waals surface area contributed by atoms with Crippen LogP contribution in [0.4, 0.5) is 5.82 Å². The van der Waals surface area contributed by atoms with E-state index >= 15 is 0 Å². The molecule has 0 radical (unpaired) electrons. The number of carbonyl (C=O) groups excluding carboxylic acids is 1. The molecule has 0 aromatic carbocycles. The number of likely N-dealkylation sites (N-methyl/N-ethyl adjacent to an activating group) is 1. The van der Waals surface area contributed by atoms with Crippen molar-refractivity contribution in [3.63, 3.8) is 0 Å². The lowest BCUT2D eigenvalue weighted by molar-refractivity contribution is -0.107. The number of carbonyl (C=O) groups is 1. The van der Waals surface area contributed by atoms with Crippen LogP contribution in [-0.4, -0.2) is 41.0 Å². The van der Waals surface area contributed by atoms with Crippen LogP contribution < -0.4 is 10.6 Å². The van der Waals surface area contributed by atoms with Gasteiger partial charge in [-0.05, 0) is 73.0 Å². The number of aldehydes is 1. The summed E-state index contributed by atoms with van der Waals surface area (Å²) in [6, 6.07) is 1.97. The molecule has 190 valence electrons. The molecule has 2 rings (SSSR count). The van der Waals surface area contributed by atoms with E-state index in [-0.39, 0.29) is 0 Å². The number of hydrogen-bond acceptors (Lipinski definition) is 5. The molecule has 6 nitrogen and oxygen atoms in total. The highest BCUT2D eigenvalue weighted by molar-refractivity contribution is 9.10. The summed E-state index contributed by atoms with van der Waals surface area (Å²) in [7, 11) is 1.92. The van der Waals surface area contributed by atoms with Crippen LogP contribution in [0.25, 0.3) is 11.2 Å². The number of aromatic nitrogens is 3. The van der Waals surface area contributed by atoms with Crippen LogP contribution in [0, 0.1) is 0 Å². The van der Waals surface area contributed by atoms with Crippen molar-refractivity contribution in [1.82, 2.24) is 19.9 Å². The highest BCUT2D eigenvalue weighted by atomic mass is 79.9. The van der Waals surface area contributed by atoms with Gasteiger partial charge < -0.3 is 15.4 Å². The van der Waals surface area contributed by atoms with E-state index < -0.39 is 0 Å². The predicted octanol–water partition coefficient (Wildman–Crippen LogP) is 7.28. The second kappa shape index (κ2) is 17.3. The fraction of sp³-hybridized carbons (Fsp3) is 0.346. The van der Waals surface area contributed by atoms with Crippen molar-refractivity contribution in [1.29, 1.82) is 0 Å². The van der Waals surface area contributed by atoms with Gasteiger partial charge in [-0.25, -0.2) is 4.98 Å². The van der Waals surface area contributed by atoms with E-state index in [4.69, 9.17) is 23.2 Å². The first-order valence-electron chi connectivity index (χ1n) is 11.3. The lowest BCUT2D eigenvalue weighted by Gasteiger charge is -2.11. The topological polar surface area (TPSA) is 71.3 Å². The van der Waals surface area contributed by atoms with Crippen molar-refractivity contribution in [2.45, 2.75) is 40.0 Å². The van der Waals surface area contributed by atoms with Gasteiger partial charge in [0.15, 0.2) is 5.65 Å². The Morgan fingerprint density at radius 3 is 2.57 bits per heavy atom. The summed E-state index contributed by atoms with van der Waals surface area (Å²) in [6.45, 7) is 11.2. The van der Waals surface area contributed by atoms with Gasteiger partial charge in [0, 0.05) is 35.6 Å². The van der Waals surface area contributed by atoms with E-state index in [1.807, 2.05) is 51.3 Å². The Bertz CT molecular complexity index is 1100. The van der Waals surface area contributed by atoms with E-state index in [0.717, 1.165) is 65.0 Å². The summed E-state index contributed by atoms with van der Waals surface area (Å²) in [4.78, 5) is 14.6. The van der Waals surface area contributed by atoms with Gasteiger partial charge in [0.1, 0.15) is 12.1 Å². The molecule has 0 saturated heterocycles. The van der Waals surface area contributed by atoms with Crippen molar-refractivity contribution in [2.75, 3.05) is 25.5 Å². The first-order chi connectivity index (χ1) is 16.7. The zero-order chi connectivity index (χ0) is 26.2. The van der Waals surface area contributed by atoms with Gasteiger partial charge in [-0.2, -0.15) is 9.61 Å². The molecule has 0 unspecified atom stereocenters. The SMILES string of the molecule is C=C(Cl)/C=C(C)\C=C/CCC=O.CC/C=C\C(Cl)=C(/C)c1cc(NCCNC)n2ncc(Br)c2n1. The fourth-order valence-corrected chi connectivity index (χ4v) is 3.47. The van der Waals surface area contributed by atoms with Gasteiger partial charge in [-0.15, -0.1) is 0 Å². The third kappa shape index (κ3) is 11.4. The molecule has 2 aromatic rings. The van der Waals surface area contributed by atoms with Crippen LogP contribution in [0.3, 0.4) is 0 Å². The summed E-state index contributed by atoms with van der Waals surface area (Å²) in [5.74, 6) is 0.884. The van der Waals surface area contributed by atoms with Crippen molar-refractivity contribution in [3.8, 4) is 0 Å². The summed E-state index contributed by atoms with van der Waals surface area (Å²) in [5.41, 5.74) is 3.57. The average molecular weight is 583 g/mol. The van der Waals surface area contributed by atoms with Crippen LogP contribution in [0.5, 0.6) is 0 Å². The van der Waals surface area contributed by atoms with Crippen LogP contribution in [-0.2, 0) is 4.79 Å². The maximum Gasteiger partial charge on any atom is 0.172 e. The second-order valence-corrected chi connectivity index (χ2v) is 9.30. The smallest absolute Gasteiger partial charge is 0.172 e. The molecule has 2 N–H and O–H groups in total. The number of fused-ring (bicyclic) bond motifs is 1. The average Bonchev–Trinajstić information content (AvgIpc) is 3.20. The van der Waals surface area contributed by atoms with Gasteiger partial charge in [0.25, 0.3) is 0 Å². The summed E-state index contributed by atoms with van der Waals surface area (Å²) < 4.78 is 2.64. The maximum absolute atomic E-state index is 9.94. The number of rotatable bonds is 12. The van der Waals surface area contributed by atoms with Crippen LogP contribution in [0.15, 0.2) is 69.3 Å². The molecule has 0 saturated carbocycles. The monoisotopic (exact) mass is 581 g/mol. The fourth-order valence-electron chi connectivity index (χ4n) is 2.77. The van der Waals surface area contributed by atoms with E-state index in [1.54, 1.807) is 16.8 Å². The lowest BCUT2D eigenvalue weighted by Crippen LogP contribution is -2.19. The van der Waals surface area contributed by atoms with Gasteiger partial charge in [-0.3, -0.25) is 0 Å². The summed E-state index contributed by atoms with van der Waals surface area (Å²) in [5, 5.41) is 12.1. The Hall–Kier alpha value is -2.19. The largest absolute Gasteiger partial charge is 0.369 e. The number of unbranched alkanes of at least 4 members (excludes halogenated alkanes) is 1. The zero-order valence-corrected chi connectivity index (χ0v) is 23.8. The number of nitrogens with zero attached hydrogens (tertiary/aromatic N) is 3. The van der Waals surface area contributed by atoms with Crippen molar-refractivity contribution < 1.29 is 4.79 Å². The number of allylic oxidation sites excluding steroid dienone is 9. The van der Waals surface area contributed by atoms with Crippen LogP contribution >= 0.6 is 39.1 Å². The molecular weight excluding hydrogens is 549 g/mol. The second-order valence-electron chi connectivity index (χ2n) is 7.55. The standard InChI is InChI=1S/C16H21BrClN5.C10H13ClO/c1-4-5-6-13(18)11(2)14-9-15(20-8-7-19-3)23-16(22-14)12(17)10-21-23;1-9(8-10(2)11)6-4-3-5-7-12/h5-6,9-10,19-20H,4,7-8H2,1-3H3;4,6-8H,2-3,5H2,1H3/b6-5-,13-11-;6-4-,9-8-. The third-order valence-electron chi connectivity index (χ3n) is 4.57. The van der Waals surface area contributed by atoms with Crippen molar-refractivity contribution in [3.05, 3.63) is 75.0 Å².